The van der Waals surface area contributed by atoms with E-state index in [4.69, 9.17) is 5.11 Å². The van der Waals surface area contributed by atoms with Crippen molar-refractivity contribution in [3.05, 3.63) is 12.4 Å². The number of carbonyl (C=O) groups excluding carboxylic acids is 1. The van der Waals surface area contributed by atoms with Crippen molar-refractivity contribution in [3.8, 4) is 0 Å². The lowest BCUT2D eigenvalue weighted by Gasteiger charge is -2.33. The van der Waals surface area contributed by atoms with Gasteiger partial charge in [-0.2, -0.15) is 0 Å². The number of carboxylic acid groups (broad SMARTS) is 1. The first-order valence-electron chi connectivity index (χ1n) is 7.32. The van der Waals surface area contributed by atoms with Gasteiger partial charge in [0.15, 0.2) is 0 Å². The number of amides is 1. The standard InChI is InChI=1S/C14H21N5O3/c1-18-5-7-19(8-6-18)12-9-11(15-10-16-12)17-13(20)3-2-4-14(21)22/h9-10H,2-8H2,1H3,(H,21,22)(H,15,16,17,20). The smallest absolute Gasteiger partial charge is 0.303 e. The van der Waals surface area contributed by atoms with Gasteiger partial charge in [-0.3, -0.25) is 9.59 Å². The summed E-state index contributed by atoms with van der Waals surface area (Å²) < 4.78 is 0. The molecule has 120 valence electrons. The number of piperazine rings is 1. The van der Waals surface area contributed by atoms with Gasteiger partial charge in [0, 0.05) is 45.1 Å². The number of aromatic nitrogens is 2. The van der Waals surface area contributed by atoms with Crippen LogP contribution in [-0.2, 0) is 9.59 Å². The van der Waals surface area contributed by atoms with Gasteiger partial charge in [0.05, 0.1) is 0 Å². The second kappa shape index (κ2) is 7.69. The van der Waals surface area contributed by atoms with E-state index in [1.807, 2.05) is 0 Å². The Balaban J connectivity index is 1.88. The Morgan fingerprint density at radius 2 is 1.95 bits per heavy atom. The molecule has 0 spiro atoms. The van der Waals surface area contributed by atoms with Gasteiger partial charge in [-0.1, -0.05) is 0 Å². The molecule has 1 amide bonds. The van der Waals surface area contributed by atoms with Crippen LogP contribution in [0.15, 0.2) is 12.4 Å². The van der Waals surface area contributed by atoms with Gasteiger partial charge in [-0.15, -0.1) is 0 Å². The number of hydrogen-bond acceptors (Lipinski definition) is 6. The van der Waals surface area contributed by atoms with Crippen LogP contribution in [0.5, 0.6) is 0 Å². The fraction of sp³-hybridized carbons (Fsp3) is 0.571. The van der Waals surface area contributed by atoms with Crippen LogP contribution in [0.1, 0.15) is 19.3 Å². The van der Waals surface area contributed by atoms with Gasteiger partial charge < -0.3 is 20.2 Å². The highest BCUT2D eigenvalue weighted by atomic mass is 16.4. The topological polar surface area (TPSA) is 98.7 Å². The number of carbonyl (C=O) groups is 2. The molecule has 8 nitrogen and oxygen atoms in total. The third kappa shape index (κ3) is 4.96. The molecule has 1 aliphatic heterocycles. The summed E-state index contributed by atoms with van der Waals surface area (Å²) in [6.45, 7) is 3.72. The molecule has 1 aromatic rings. The number of rotatable bonds is 6. The average molecular weight is 307 g/mol. The number of anilines is 2. The largest absolute Gasteiger partial charge is 0.481 e. The van der Waals surface area contributed by atoms with Crippen LogP contribution >= 0.6 is 0 Å². The quantitative estimate of drug-likeness (QED) is 0.786. The third-order valence-electron chi connectivity index (χ3n) is 3.54. The first-order valence-corrected chi connectivity index (χ1v) is 7.32. The van der Waals surface area contributed by atoms with Crippen molar-refractivity contribution in [2.45, 2.75) is 19.3 Å². The van der Waals surface area contributed by atoms with Gasteiger partial charge >= 0.3 is 5.97 Å². The van der Waals surface area contributed by atoms with E-state index in [0.29, 0.717) is 12.2 Å². The van der Waals surface area contributed by atoms with E-state index < -0.39 is 5.97 Å². The number of carboxylic acids is 1. The van der Waals surface area contributed by atoms with Gasteiger partial charge in [-0.25, -0.2) is 9.97 Å². The van der Waals surface area contributed by atoms with Crippen molar-refractivity contribution in [3.63, 3.8) is 0 Å². The number of likely N-dealkylation sites (N-methyl/N-ethyl adjacent to an activating group) is 1. The molecular weight excluding hydrogens is 286 g/mol. The average Bonchev–Trinajstić information content (AvgIpc) is 2.48. The predicted octanol–water partition coefficient (Wildman–Crippen LogP) is 0.422. The van der Waals surface area contributed by atoms with Crippen LogP contribution in [0.3, 0.4) is 0 Å². The zero-order valence-corrected chi connectivity index (χ0v) is 12.7. The van der Waals surface area contributed by atoms with E-state index in [9.17, 15) is 9.59 Å². The van der Waals surface area contributed by atoms with Gasteiger partial charge in [0.1, 0.15) is 18.0 Å². The molecule has 2 heterocycles. The number of nitrogens with one attached hydrogen (secondary N) is 1. The summed E-state index contributed by atoms with van der Waals surface area (Å²) >= 11 is 0. The Morgan fingerprint density at radius 1 is 1.23 bits per heavy atom. The van der Waals surface area contributed by atoms with Crippen molar-refractivity contribution in [1.29, 1.82) is 0 Å². The van der Waals surface area contributed by atoms with E-state index in [0.717, 1.165) is 32.0 Å². The fourth-order valence-corrected chi connectivity index (χ4v) is 2.23. The molecule has 2 N–H and O–H groups in total. The van der Waals surface area contributed by atoms with Crippen LogP contribution in [0, 0.1) is 0 Å². The molecule has 0 unspecified atom stereocenters. The number of aliphatic carboxylic acids is 1. The molecule has 1 fully saturated rings. The Labute approximate surface area is 129 Å². The Bertz CT molecular complexity index is 529. The van der Waals surface area contributed by atoms with Crippen LogP contribution < -0.4 is 10.2 Å². The molecule has 0 bridgehead atoms. The lowest BCUT2D eigenvalue weighted by molar-refractivity contribution is -0.137. The first-order chi connectivity index (χ1) is 10.5. The minimum Gasteiger partial charge on any atom is -0.481 e. The maximum atomic E-state index is 11.7. The summed E-state index contributed by atoms with van der Waals surface area (Å²) in [7, 11) is 2.08. The molecule has 2 rings (SSSR count). The maximum Gasteiger partial charge on any atom is 0.303 e. The molecule has 1 aliphatic rings. The minimum absolute atomic E-state index is 0.0102. The van der Waals surface area contributed by atoms with E-state index in [-0.39, 0.29) is 18.7 Å². The summed E-state index contributed by atoms with van der Waals surface area (Å²) in [5, 5.41) is 11.2. The monoisotopic (exact) mass is 307 g/mol. The summed E-state index contributed by atoms with van der Waals surface area (Å²) in [6.07, 6.45) is 1.90. The van der Waals surface area contributed by atoms with E-state index >= 15 is 0 Å². The summed E-state index contributed by atoms with van der Waals surface area (Å²) in [5.41, 5.74) is 0. The van der Waals surface area contributed by atoms with E-state index in [1.165, 1.54) is 6.33 Å². The molecular formula is C14H21N5O3. The second-order valence-electron chi connectivity index (χ2n) is 5.35. The lowest BCUT2D eigenvalue weighted by Crippen LogP contribution is -2.44. The zero-order chi connectivity index (χ0) is 15.9. The summed E-state index contributed by atoms with van der Waals surface area (Å²) in [4.78, 5) is 34.9. The number of nitrogens with zero attached hydrogens (tertiary/aromatic N) is 4. The lowest BCUT2D eigenvalue weighted by atomic mass is 10.2. The molecule has 1 saturated heterocycles. The van der Waals surface area contributed by atoms with Gasteiger partial charge in [0.2, 0.25) is 5.91 Å². The number of hydrogen-bond donors (Lipinski definition) is 2. The van der Waals surface area contributed by atoms with Crippen LogP contribution in [0.25, 0.3) is 0 Å². The van der Waals surface area contributed by atoms with Gasteiger partial charge in [-0.05, 0) is 13.5 Å². The van der Waals surface area contributed by atoms with E-state index in [2.05, 4.69) is 32.1 Å². The molecule has 8 heteroatoms. The molecule has 22 heavy (non-hydrogen) atoms. The normalized spacial score (nSPS) is 15.6. The Kier molecular flexibility index (Phi) is 5.65. The minimum atomic E-state index is -0.896. The predicted molar refractivity (Wildman–Crippen MR) is 81.9 cm³/mol. The molecule has 0 aromatic carbocycles. The molecule has 0 radical (unpaired) electrons. The third-order valence-corrected chi connectivity index (χ3v) is 3.54. The first kappa shape index (κ1) is 16.2. The highest BCUT2D eigenvalue weighted by Gasteiger charge is 2.16. The van der Waals surface area contributed by atoms with Crippen molar-refractivity contribution in [2.24, 2.45) is 0 Å². The Hall–Kier alpha value is -2.22. The second-order valence-corrected chi connectivity index (χ2v) is 5.35. The summed E-state index contributed by atoms with van der Waals surface area (Å²) in [6, 6.07) is 1.75. The maximum absolute atomic E-state index is 11.7. The zero-order valence-electron chi connectivity index (χ0n) is 12.7. The van der Waals surface area contributed by atoms with Crippen molar-refractivity contribution < 1.29 is 14.7 Å². The van der Waals surface area contributed by atoms with Crippen LogP contribution in [-0.4, -0.2) is 65.1 Å². The molecule has 0 atom stereocenters. The summed E-state index contributed by atoms with van der Waals surface area (Å²) in [5.74, 6) is 0.115. The van der Waals surface area contributed by atoms with Crippen molar-refractivity contribution >= 4 is 23.5 Å². The van der Waals surface area contributed by atoms with Crippen LogP contribution in [0.4, 0.5) is 11.6 Å². The van der Waals surface area contributed by atoms with Gasteiger partial charge in [0.25, 0.3) is 0 Å². The van der Waals surface area contributed by atoms with E-state index in [1.54, 1.807) is 6.07 Å². The Morgan fingerprint density at radius 3 is 2.64 bits per heavy atom. The SMILES string of the molecule is CN1CCN(c2cc(NC(=O)CCCC(=O)O)ncn2)CC1. The van der Waals surface area contributed by atoms with Crippen molar-refractivity contribution in [2.75, 3.05) is 43.4 Å². The van der Waals surface area contributed by atoms with Crippen LogP contribution in [0.2, 0.25) is 0 Å². The molecule has 0 aliphatic carbocycles. The fourth-order valence-electron chi connectivity index (χ4n) is 2.23. The highest BCUT2D eigenvalue weighted by molar-refractivity contribution is 5.90. The van der Waals surface area contributed by atoms with Crippen molar-refractivity contribution in [1.82, 2.24) is 14.9 Å². The highest BCUT2D eigenvalue weighted by Crippen LogP contribution is 2.16. The molecule has 1 aromatic heterocycles. The molecule has 0 saturated carbocycles.